The number of fused-ring (bicyclic) bond motifs is 2. The summed E-state index contributed by atoms with van der Waals surface area (Å²) in [5.74, 6) is -1.79. The van der Waals surface area contributed by atoms with Gasteiger partial charge >= 0.3 is 5.97 Å². The maximum atomic E-state index is 12.9. The van der Waals surface area contributed by atoms with Gasteiger partial charge in [0.2, 0.25) is 0 Å². The van der Waals surface area contributed by atoms with Crippen molar-refractivity contribution < 1.29 is 96.3 Å². The summed E-state index contributed by atoms with van der Waals surface area (Å²) in [7, 11) is 0. The van der Waals surface area contributed by atoms with Gasteiger partial charge in [0.15, 0.2) is 37.2 Å². The third kappa shape index (κ3) is 18.8. The second-order valence-electron chi connectivity index (χ2n) is 25.6. The van der Waals surface area contributed by atoms with Crippen molar-refractivity contribution in [3.63, 3.8) is 0 Å². The highest BCUT2D eigenvalue weighted by molar-refractivity contribution is 5.66. The summed E-state index contributed by atoms with van der Waals surface area (Å²) >= 11 is 0. The number of aliphatic hydroxyl groups excluding tert-OH is 3. The van der Waals surface area contributed by atoms with Gasteiger partial charge in [0.25, 0.3) is 0 Å². The minimum absolute atomic E-state index is 0.00968. The van der Waals surface area contributed by atoms with Crippen LogP contribution in [-0.4, -0.2) is 168 Å². The minimum Gasteiger partial charge on any atom is -0.481 e. The van der Waals surface area contributed by atoms with E-state index in [1.165, 1.54) is 0 Å². The predicted octanol–water partition coefficient (Wildman–Crippen LogP) is 10.1. The molecular formula is C71H98O20. The van der Waals surface area contributed by atoms with Gasteiger partial charge in [-0.2, -0.15) is 0 Å². The summed E-state index contributed by atoms with van der Waals surface area (Å²) in [5.41, 5.74) is 3.48. The van der Waals surface area contributed by atoms with E-state index < -0.39 is 141 Å². The van der Waals surface area contributed by atoms with Crippen LogP contribution in [0.25, 0.3) is 0 Å². The lowest BCUT2D eigenvalue weighted by atomic mass is 9.95. The van der Waals surface area contributed by atoms with Crippen molar-refractivity contribution in [2.24, 2.45) is 0 Å². The number of unbranched alkanes of at least 4 members (excludes halogenated alkanes) is 8. The number of hydrogen-bond acceptors (Lipinski definition) is 19. The Balaban J connectivity index is 0.922. The molecule has 0 radical (unpaired) electrons. The molecule has 0 unspecified atom stereocenters. The van der Waals surface area contributed by atoms with E-state index in [9.17, 15) is 20.1 Å². The van der Waals surface area contributed by atoms with Crippen LogP contribution in [0.3, 0.4) is 0 Å². The molecule has 4 aromatic rings. The van der Waals surface area contributed by atoms with Crippen LogP contribution in [0.15, 0.2) is 121 Å². The third-order valence-electron chi connectivity index (χ3n) is 18.1. The van der Waals surface area contributed by atoms with Crippen molar-refractivity contribution in [2.75, 3.05) is 6.61 Å². The highest BCUT2D eigenvalue weighted by Gasteiger charge is 2.60. The molecule has 4 N–H and O–H groups in total. The van der Waals surface area contributed by atoms with Gasteiger partial charge in [-0.1, -0.05) is 186 Å². The van der Waals surface area contributed by atoms with Crippen LogP contribution in [0.2, 0.25) is 0 Å². The SMILES string of the molecule is CCCCC[C@@H](CCCCCCCCCC(=O)O)O[C@@H]1O[C@H](C)[C@@H]2OC(C)(C)O[C@@H]2[C@H]1O[C@@H]1O[C@@H]2CO[C@@H](c3ccccc3)O[C@H]2[C@H](O)[C@H]1O[C@@H]1O[C@@H](C)[C@H](O)[C@@H](O[C@@H]2O[C@@H](C)[C@H](OCc3ccccc3)[C@@H](OCc3ccccc3)[C@H]2OCc2ccccc2)[C@H]1O. The molecule has 6 saturated heterocycles. The number of ether oxygens (including phenoxy) is 15. The molecule has 0 spiro atoms. The molecule has 4 aromatic carbocycles. The highest BCUT2D eigenvalue weighted by Crippen LogP contribution is 2.44. The summed E-state index contributed by atoms with van der Waals surface area (Å²) in [4.78, 5) is 11.0. The molecule has 0 bridgehead atoms. The van der Waals surface area contributed by atoms with Gasteiger partial charge in [0.05, 0.1) is 50.8 Å². The van der Waals surface area contributed by atoms with E-state index in [4.69, 9.17) is 76.2 Å². The minimum atomic E-state index is -1.73. The summed E-state index contributed by atoms with van der Waals surface area (Å²) in [6.45, 7) is 11.9. The lowest BCUT2D eigenvalue weighted by molar-refractivity contribution is -0.414. The maximum absolute atomic E-state index is 12.9. The number of carboxylic acid groups (broad SMARTS) is 1. The van der Waals surface area contributed by atoms with E-state index in [2.05, 4.69) is 6.92 Å². The quantitative estimate of drug-likeness (QED) is 0.0333. The average molecular weight is 1270 g/mol. The average Bonchev–Trinajstić information content (AvgIpc) is 1.76. The lowest BCUT2D eigenvalue weighted by Crippen LogP contribution is -2.68. The van der Waals surface area contributed by atoms with Crippen molar-refractivity contribution in [1.82, 2.24) is 0 Å². The molecule has 6 fully saturated rings. The van der Waals surface area contributed by atoms with Gasteiger partial charge < -0.3 is 91.5 Å². The second-order valence-corrected chi connectivity index (χ2v) is 25.6. The molecule has 0 aromatic heterocycles. The van der Waals surface area contributed by atoms with Gasteiger partial charge in [-0.15, -0.1) is 0 Å². The number of benzene rings is 4. The van der Waals surface area contributed by atoms with Crippen LogP contribution in [0, 0.1) is 0 Å². The lowest BCUT2D eigenvalue weighted by Gasteiger charge is -2.51. The molecule has 22 atom stereocenters. The van der Waals surface area contributed by atoms with Crippen LogP contribution < -0.4 is 0 Å². The predicted molar refractivity (Wildman–Crippen MR) is 331 cm³/mol. The van der Waals surface area contributed by atoms with E-state index in [1.54, 1.807) is 6.92 Å². The van der Waals surface area contributed by atoms with E-state index in [-0.39, 0.29) is 39.0 Å². The molecule has 20 heteroatoms. The molecule has 20 nitrogen and oxygen atoms in total. The zero-order valence-corrected chi connectivity index (χ0v) is 53.6. The van der Waals surface area contributed by atoms with Gasteiger partial charge in [0.1, 0.15) is 79.4 Å². The number of carboxylic acids is 1. The first kappa shape index (κ1) is 69.5. The van der Waals surface area contributed by atoms with E-state index in [0.717, 1.165) is 92.9 Å². The Morgan fingerprint density at radius 1 is 0.495 bits per heavy atom. The smallest absolute Gasteiger partial charge is 0.303 e. The molecule has 6 aliphatic heterocycles. The number of aliphatic hydroxyl groups is 3. The molecular weight excluding hydrogens is 1170 g/mol. The Morgan fingerprint density at radius 2 is 1.00 bits per heavy atom. The highest BCUT2D eigenvalue weighted by atomic mass is 16.8. The van der Waals surface area contributed by atoms with Crippen molar-refractivity contribution in [3.8, 4) is 0 Å². The molecule has 0 saturated carbocycles. The fourth-order valence-corrected chi connectivity index (χ4v) is 13.1. The Kier molecular flexibility index (Phi) is 25.8. The first-order valence-electron chi connectivity index (χ1n) is 33.3. The maximum Gasteiger partial charge on any atom is 0.303 e. The number of rotatable bonds is 32. The molecule has 0 aliphatic carbocycles. The van der Waals surface area contributed by atoms with Crippen LogP contribution in [0.5, 0.6) is 0 Å². The first-order valence-corrected chi connectivity index (χ1v) is 33.3. The van der Waals surface area contributed by atoms with Crippen molar-refractivity contribution in [2.45, 2.75) is 286 Å². The zero-order valence-electron chi connectivity index (χ0n) is 53.6. The van der Waals surface area contributed by atoms with Crippen LogP contribution in [0.4, 0.5) is 0 Å². The molecule has 6 heterocycles. The van der Waals surface area contributed by atoms with Crippen LogP contribution in [0.1, 0.15) is 154 Å². The van der Waals surface area contributed by atoms with E-state index in [0.29, 0.717) is 6.42 Å². The zero-order chi connectivity index (χ0) is 63.9. The molecule has 91 heavy (non-hydrogen) atoms. The number of hydrogen-bond donors (Lipinski definition) is 4. The van der Waals surface area contributed by atoms with Crippen LogP contribution in [-0.2, 0) is 95.7 Å². The largest absolute Gasteiger partial charge is 0.481 e. The molecule has 0 amide bonds. The molecule has 6 aliphatic rings. The summed E-state index contributed by atoms with van der Waals surface area (Å²) in [6.07, 6.45) is -11.5. The Hall–Kier alpha value is -4.37. The van der Waals surface area contributed by atoms with Crippen molar-refractivity contribution in [3.05, 3.63) is 144 Å². The van der Waals surface area contributed by atoms with Crippen LogP contribution >= 0.6 is 0 Å². The Morgan fingerprint density at radius 3 is 1.62 bits per heavy atom. The van der Waals surface area contributed by atoms with Crippen molar-refractivity contribution in [1.29, 1.82) is 0 Å². The summed E-state index contributed by atoms with van der Waals surface area (Å²) < 4.78 is 101. The fourth-order valence-electron chi connectivity index (χ4n) is 13.1. The monoisotopic (exact) mass is 1270 g/mol. The topological polar surface area (TPSA) is 236 Å². The molecule has 502 valence electrons. The first-order chi connectivity index (χ1) is 44.1. The van der Waals surface area contributed by atoms with Gasteiger partial charge in [0, 0.05) is 12.0 Å². The summed E-state index contributed by atoms with van der Waals surface area (Å²) in [6, 6.07) is 38.7. The van der Waals surface area contributed by atoms with E-state index in [1.807, 2.05) is 149 Å². The standard InChI is InChI=1S/C71H98O20/c1-7-8-18-37-51(38-27-12-10-9-11-13-28-39-53(72)73)84-70-65(63-58(46(4)83-70)90-71(5,6)91-63)89-68-61(55(75)59-52(85-68)43-80-66(86-59)50-35-25-17-26-36-50)88-67-56(76)60(54(74)44(2)81-67)87-69-64(79-42-49-33-23-16-24-34-49)62(78-41-48-31-21-15-22-32-48)57(45(3)82-69)77-40-47-29-19-14-20-30-47/h14-17,19-26,29-36,44-46,51-52,54-70,74-76H,7-13,18,27-28,37-43H2,1-6H3,(H,72,73)/t44-,45-,46+,51-,52+,54-,55-,56+,57-,58-,59+,60+,61+,62+,63-,64+,65+,66+,67-,68-,69-,70-/m0/s1. The van der Waals surface area contributed by atoms with Gasteiger partial charge in [-0.05, 0) is 70.6 Å². The molecule has 10 rings (SSSR count). The van der Waals surface area contributed by atoms with Gasteiger partial charge in [-0.25, -0.2) is 0 Å². The normalized spacial score (nSPS) is 35.1. The number of aliphatic carboxylic acids is 1. The number of carbonyl (C=O) groups is 1. The second kappa shape index (κ2) is 33.8. The third-order valence-corrected chi connectivity index (χ3v) is 18.1. The van der Waals surface area contributed by atoms with Crippen molar-refractivity contribution >= 4 is 5.97 Å². The fraction of sp³-hybridized carbons (Fsp3) is 0.648. The Bertz CT molecular complexity index is 2730. The summed E-state index contributed by atoms with van der Waals surface area (Å²) in [5, 5.41) is 46.9. The van der Waals surface area contributed by atoms with Gasteiger partial charge in [-0.3, -0.25) is 4.79 Å². The van der Waals surface area contributed by atoms with E-state index >= 15 is 0 Å². The Labute approximate surface area is 536 Å².